The minimum absolute atomic E-state index is 0.0908. The lowest BCUT2D eigenvalue weighted by Gasteiger charge is -2.14. The lowest BCUT2D eigenvalue weighted by atomic mass is 10.0. The van der Waals surface area contributed by atoms with E-state index in [-0.39, 0.29) is 19.6 Å². The Balaban J connectivity index is 2.26. The highest BCUT2D eigenvalue weighted by atomic mass is 19.4. The summed E-state index contributed by atoms with van der Waals surface area (Å²) in [5.74, 6) is -0.000442. The largest absolute Gasteiger partial charge is 0.496 e. The van der Waals surface area contributed by atoms with Gasteiger partial charge in [0, 0.05) is 11.3 Å². The number of halogens is 3. The number of rotatable bonds is 7. The summed E-state index contributed by atoms with van der Waals surface area (Å²) in [4.78, 5) is 11.7. The fraction of sp³-hybridized carbons (Fsp3) is 0.444. The minimum atomic E-state index is -4.51. The molecule has 0 aliphatic heterocycles. The molecule has 148 valence electrons. The number of carbonyl (C=O) groups is 1. The van der Waals surface area contributed by atoms with Crippen LogP contribution in [0.2, 0.25) is 0 Å². The third kappa shape index (κ3) is 5.22. The lowest BCUT2D eigenvalue weighted by molar-refractivity contribution is -0.144. The number of hydrogen-bond acceptors (Lipinski definition) is 5. The highest BCUT2D eigenvalue weighted by Gasteiger charge is 2.34. The maximum absolute atomic E-state index is 12.9. The van der Waals surface area contributed by atoms with Crippen molar-refractivity contribution in [2.24, 2.45) is 5.73 Å². The Kier molecular flexibility index (Phi) is 6.48. The van der Waals surface area contributed by atoms with E-state index in [2.05, 4.69) is 5.10 Å². The van der Waals surface area contributed by atoms with Crippen molar-refractivity contribution >= 4 is 5.97 Å². The number of nitrogens with two attached hydrogens (primary N) is 1. The summed E-state index contributed by atoms with van der Waals surface area (Å²) in [6, 6.07) is 5.35. The predicted octanol–water partition coefficient (Wildman–Crippen LogP) is 2.70. The van der Waals surface area contributed by atoms with Crippen LogP contribution in [0.25, 0.3) is 0 Å². The number of aryl methyl sites for hydroxylation is 1. The predicted molar refractivity (Wildman–Crippen MR) is 92.4 cm³/mol. The molecule has 1 aromatic carbocycles. The Bertz CT molecular complexity index is 803. The molecule has 2 rings (SSSR count). The second-order valence-corrected chi connectivity index (χ2v) is 6.04. The molecule has 0 amide bonds. The molecule has 2 N–H and O–H groups in total. The van der Waals surface area contributed by atoms with Gasteiger partial charge in [-0.25, -0.2) is 0 Å². The Labute approximate surface area is 155 Å². The molecule has 0 spiro atoms. The summed E-state index contributed by atoms with van der Waals surface area (Å²) in [7, 11) is 1.47. The molecule has 0 saturated heterocycles. The van der Waals surface area contributed by atoms with E-state index < -0.39 is 23.9 Å². The zero-order chi connectivity index (χ0) is 20.2. The number of alkyl halides is 3. The van der Waals surface area contributed by atoms with Crippen molar-refractivity contribution in [3.05, 3.63) is 46.8 Å². The molecule has 0 radical (unpaired) electrons. The number of esters is 1. The molecule has 0 aliphatic rings. The summed E-state index contributed by atoms with van der Waals surface area (Å²) < 4.78 is 50.0. The van der Waals surface area contributed by atoms with E-state index in [0.717, 1.165) is 11.6 Å². The van der Waals surface area contributed by atoms with Crippen LogP contribution in [0.15, 0.2) is 24.3 Å². The van der Waals surface area contributed by atoms with Gasteiger partial charge in [-0.3, -0.25) is 9.48 Å². The zero-order valence-electron chi connectivity index (χ0n) is 15.3. The van der Waals surface area contributed by atoms with E-state index in [9.17, 15) is 18.0 Å². The molecule has 6 nitrogen and oxygen atoms in total. The number of methoxy groups -OCH3 is 1. The van der Waals surface area contributed by atoms with E-state index in [1.165, 1.54) is 11.8 Å². The van der Waals surface area contributed by atoms with Gasteiger partial charge in [-0.15, -0.1) is 0 Å². The number of aromatic nitrogens is 2. The molecular weight excluding hydrogens is 363 g/mol. The van der Waals surface area contributed by atoms with Crippen LogP contribution in [0.4, 0.5) is 13.2 Å². The first-order valence-electron chi connectivity index (χ1n) is 8.35. The first kappa shape index (κ1) is 20.8. The van der Waals surface area contributed by atoms with Gasteiger partial charge in [0.15, 0.2) is 5.69 Å². The van der Waals surface area contributed by atoms with Crippen LogP contribution in [0.3, 0.4) is 0 Å². The van der Waals surface area contributed by atoms with E-state index in [1.807, 2.05) is 0 Å². The van der Waals surface area contributed by atoms with E-state index in [4.69, 9.17) is 15.2 Å². The van der Waals surface area contributed by atoms with Gasteiger partial charge in [0.25, 0.3) is 0 Å². The second-order valence-electron chi connectivity index (χ2n) is 6.04. The molecule has 9 heteroatoms. The van der Waals surface area contributed by atoms with Crippen LogP contribution >= 0.6 is 0 Å². The minimum Gasteiger partial charge on any atom is -0.496 e. The Hall–Kier alpha value is -2.55. The third-order valence-corrected chi connectivity index (χ3v) is 3.98. The normalized spacial score (nSPS) is 12.7. The van der Waals surface area contributed by atoms with Crippen LogP contribution in [0, 0.1) is 6.92 Å². The first-order chi connectivity index (χ1) is 12.7. The van der Waals surface area contributed by atoms with Crippen molar-refractivity contribution in [1.82, 2.24) is 9.78 Å². The summed E-state index contributed by atoms with van der Waals surface area (Å²) in [5.41, 5.74) is 6.64. The highest BCUT2D eigenvalue weighted by molar-refractivity contribution is 5.75. The van der Waals surface area contributed by atoms with Crippen molar-refractivity contribution in [2.75, 3.05) is 13.7 Å². The SMILES string of the molecule is CCOC(=O)C(N)Cc1ccc(OC)c(Cn2nc(C(F)(F)F)cc2C)c1. The quantitative estimate of drug-likeness (QED) is 0.742. The van der Waals surface area contributed by atoms with Gasteiger partial charge in [0.1, 0.15) is 11.8 Å². The summed E-state index contributed by atoms with van der Waals surface area (Å²) in [6.45, 7) is 3.57. The molecule has 1 atom stereocenters. The molecular formula is C18H22F3N3O3. The monoisotopic (exact) mass is 385 g/mol. The van der Waals surface area contributed by atoms with Gasteiger partial charge in [0.2, 0.25) is 0 Å². The Morgan fingerprint density at radius 2 is 2.04 bits per heavy atom. The summed E-state index contributed by atoms with van der Waals surface area (Å²) >= 11 is 0. The first-order valence-corrected chi connectivity index (χ1v) is 8.35. The van der Waals surface area contributed by atoms with E-state index in [1.54, 1.807) is 32.0 Å². The van der Waals surface area contributed by atoms with Crippen molar-refractivity contribution < 1.29 is 27.4 Å². The standard InChI is InChI=1S/C18H22F3N3O3/c1-4-27-17(25)14(22)9-12-5-6-15(26-3)13(8-12)10-24-11(2)7-16(23-24)18(19,20)21/h5-8,14H,4,9-10,22H2,1-3H3. The average molecular weight is 385 g/mol. The zero-order valence-corrected chi connectivity index (χ0v) is 15.3. The Morgan fingerprint density at radius 1 is 1.33 bits per heavy atom. The van der Waals surface area contributed by atoms with Crippen LogP contribution in [0.5, 0.6) is 5.75 Å². The molecule has 2 aromatic rings. The van der Waals surface area contributed by atoms with Crippen molar-refractivity contribution in [1.29, 1.82) is 0 Å². The fourth-order valence-electron chi connectivity index (χ4n) is 2.64. The molecule has 1 unspecified atom stereocenters. The molecule has 0 aliphatic carbocycles. The molecule has 27 heavy (non-hydrogen) atoms. The number of nitrogens with zero attached hydrogens (tertiary/aromatic N) is 2. The van der Waals surface area contributed by atoms with Gasteiger partial charge >= 0.3 is 12.1 Å². The topological polar surface area (TPSA) is 79.4 Å². The number of benzene rings is 1. The molecule has 0 fully saturated rings. The van der Waals surface area contributed by atoms with E-state index in [0.29, 0.717) is 17.0 Å². The Morgan fingerprint density at radius 3 is 2.59 bits per heavy atom. The summed E-state index contributed by atoms with van der Waals surface area (Å²) in [5, 5.41) is 3.63. The van der Waals surface area contributed by atoms with Crippen molar-refractivity contribution in [3.63, 3.8) is 0 Å². The lowest BCUT2D eigenvalue weighted by Crippen LogP contribution is -2.34. The van der Waals surface area contributed by atoms with Crippen molar-refractivity contribution in [3.8, 4) is 5.75 Å². The number of ether oxygens (including phenoxy) is 2. The van der Waals surface area contributed by atoms with Gasteiger partial charge in [-0.05, 0) is 38.0 Å². The average Bonchev–Trinajstić information content (AvgIpc) is 2.96. The molecule has 0 bridgehead atoms. The third-order valence-electron chi connectivity index (χ3n) is 3.98. The molecule has 1 heterocycles. The van der Waals surface area contributed by atoms with Gasteiger partial charge < -0.3 is 15.2 Å². The highest BCUT2D eigenvalue weighted by Crippen LogP contribution is 2.29. The maximum atomic E-state index is 12.9. The van der Waals surface area contributed by atoms with Crippen LogP contribution in [-0.4, -0.2) is 35.5 Å². The number of hydrogen-bond donors (Lipinski definition) is 1. The molecule has 0 saturated carbocycles. The summed E-state index contributed by atoms with van der Waals surface area (Å²) in [6.07, 6.45) is -4.27. The van der Waals surface area contributed by atoms with Gasteiger partial charge in [-0.1, -0.05) is 12.1 Å². The maximum Gasteiger partial charge on any atom is 0.435 e. The number of carbonyl (C=O) groups excluding carboxylic acids is 1. The van der Waals surface area contributed by atoms with Crippen LogP contribution in [-0.2, 0) is 28.7 Å². The second kappa shape index (κ2) is 8.43. The smallest absolute Gasteiger partial charge is 0.435 e. The van der Waals surface area contributed by atoms with Crippen molar-refractivity contribution in [2.45, 2.75) is 39.0 Å². The van der Waals surface area contributed by atoms with Gasteiger partial charge in [0.05, 0.1) is 20.3 Å². The fourth-order valence-corrected chi connectivity index (χ4v) is 2.64. The van der Waals surface area contributed by atoms with E-state index >= 15 is 0 Å². The molecule has 1 aromatic heterocycles. The van der Waals surface area contributed by atoms with Crippen LogP contribution in [0.1, 0.15) is 29.4 Å². The van der Waals surface area contributed by atoms with Crippen LogP contribution < -0.4 is 10.5 Å². The van der Waals surface area contributed by atoms with Gasteiger partial charge in [-0.2, -0.15) is 18.3 Å².